The lowest BCUT2D eigenvalue weighted by molar-refractivity contribution is 0.122. The number of benzene rings is 2. The number of allylic oxidation sites excluding steroid dienone is 1. The molecule has 0 radical (unpaired) electrons. The van der Waals surface area contributed by atoms with Crippen LogP contribution in [0.25, 0.3) is 17.0 Å². The highest BCUT2D eigenvalue weighted by Crippen LogP contribution is 2.29. The van der Waals surface area contributed by atoms with Crippen LogP contribution in [0, 0.1) is 18.3 Å². The molecule has 0 N–H and O–H groups in total. The van der Waals surface area contributed by atoms with Crippen LogP contribution in [0.4, 0.5) is 5.82 Å². The van der Waals surface area contributed by atoms with Crippen LogP contribution < -0.4 is 4.90 Å². The van der Waals surface area contributed by atoms with Gasteiger partial charge in [0.25, 0.3) is 0 Å². The van der Waals surface area contributed by atoms with E-state index in [1.807, 2.05) is 43.3 Å². The third kappa shape index (κ3) is 3.92. The van der Waals surface area contributed by atoms with E-state index in [2.05, 4.69) is 4.90 Å². The summed E-state index contributed by atoms with van der Waals surface area (Å²) < 4.78 is 31.6. The summed E-state index contributed by atoms with van der Waals surface area (Å²) in [5.41, 5.74) is 2.36. The quantitative estimate of drug-likeness (QED) is 0.600. The lowest BCUT2D eigenvalue weighted by atomic mass is 10.1. The molecule has 1 aromatic heterocycles. The summed E-state index contributed by atoms with van der Waals surface area (Å²) in [5, 5.41) is 10.6. The first-order valence-electron chi connectivity index (χ1n) is 9.65. The molecule has 2 heterocycles. The summed E-state index contributed by atoms with van der Waals surface area (Å²) >= 11 is 0. The average molecular weight is 420 g/mol. The van der Waals surface area contributed by atoms with Crippen LogP contribution in [-0.4, -0.2) is 39.7 Å². The molecule has 0 saturated carbocycles. The zero-order valence-corrected chi connectivity index (χ0v) is 17.4. The first-order chi connectivity index (χ1) is 14.5. The van der Waals surface area contributed by atoms with Crippen molar-refractivity contribution in [1.29, 1.82) is 5.26 Å². The van der Waals surface area contributed by atoms with E-state index < -0.39 is 9.84 Å². The highest BCUT2D eigenvalue weighted by atomic mass is 32.2. The highest BCUT2D eigenvalue weighted by molar-refractivity contribution is 7.95. The van der Waals surface area contributed by atoms with Crippen molar-refractivity contribution in [1.82, 2.24) is 4.98 Å². The molecule has 0 bridgehead atoms. The molecular weight excluding hydrogens is 398 g/mol. The van der Waals surface area contributed by atoms with Crippen LogP contribution >= 0.6 is 0 Å². The molecule has 1 saturated heterocycles. The van der Waals surface area contributed by atoms with E-state index in [-0.39, 0.29) is 9.80 Å². The van der Waals surface area contributed by atoms with Gasteiger partial charge >= 0.3 is 0 Å². The largest absolute Gasteiger partial charge is 0.378 e. The number of ether oxygens (including phenoxy) is 1. The summed E-state index contributed by atoms with van der Waals surface area (Å²) in [6.07, 6.45) is 1.43. The van der Waals surface area contributed by atoms with Gasteiger partial charge in [-0.3, -0.25) is 0 Å². The molecule has 7 heteroatoms. The Hall–Kier alpha value is -3.21. The molecule has 0 amide bonds. The van der Waals surface area contributed by atoms with Crippen molar-refractivity contribution in [2.24, 2.45) is 0 Å². The van der Waals surface area contributed by atoms with E-state index >= 15 is 0 Å². The number of para-hydroxylation sites is 1. The van der Waals surface area contributed by atoms with Gasteiger partial charge in [0.05, 0.1) is 23.6 Å². The SMILES string of the molecule is Cc1ccc(S(=O)(=O)/C(C#N)=C\c2cc3ccccc3nc2N2CCOCC2)cc1. The predicted molar refractivity (Wildman–Crippen MR) is 117 cm³/mol. The first kappa shape index (κ1) is 20.1. The number of anilines is 1. The second kappa shape index (κ2) is 8.27. The Bertz CT molecular complexity index is 1250. The van der Waals surface area contributed by atoms with Crippen molar-refractivity contribution >= 4 is 32.6 Å². The number of pyridine rings is 1. The van der Waals surface area contributed by atoms with Gasteiger partial charge in [0.1, 0.15) is 16.8 Å². The summed E-state index contributed by atoms with van der Waals surface area (Å²) in [7, 11) is -3.94. The molecule has 1 aliphatic heterocycles. The fourth-order valence-corrected chi connectivity index (χ4v) is 4.56. The Morgan fingerprint density at radius 3 is 2.53 bits per heavy atom. The number of aryl methyl sites for hydroxylation is 1. The number of hydrogen-bond acceptors (Lipinski definition) is 6. The Kier molecular flexibility index (Phi) is 5.53. The van der Waals surface area contributed by atoms with E-state index in [1.165, 1.54) is 18.2 Å². The van der Waals surface area contributed by atoms with Crippen LogP contribution in [0.5, 0.6) is 0 Å². The van der Waals surface area contributed by atoms with E-state index in [9.17, 15) is 13.7 Å². The van der Waals surface area contributed by atoms with E-state index in [4.69, 9.17) is 9.72 Å². The molecule has 0 atom stereocenters. The summed E-state index contributed by atoms with van der Waals surface area (Å²) in [6, 6.07) is 17.9. The Balaban J connectivity index is 1.86. The third-order valence-corrected chi connectivity index (χ3v) is 6.74. The molecule has 0 spiro atoms. The van der Waals surface area contributed by atoms with Crippen molar-refractivity contribution in [3.05, 3.63) is 70.6 Å². The lowest BCUT2D eigenvalue weighted by Gasteiger charge is -2.29. The molecule has 4 rings (SSSR count). The van der Waals surface area contributed by atoms with E-state index in [0.717, 1.165) is 16.5 Å². The number of sulfone groups is 1. The lowest BCUT2D eigenvalue weighted by Crippen LogP contribution is -2.37. The van der Waals surface area contributed by atoms with Crippen molar-refractivity contribution < 1.29 is 13.2 Å². The molecule has 1 aliphatic rings. The molecule has 2 aromatic carbocycles. The van der Waals surface area contributed by atoms with Gasteiger partial charge in [-0.25, -0.2) is 13.4 Å². The minimum absolute atomic E-state index is 0.0996. The zero-order chi connectivity index (χ0) is 21.1. The molecule has 152 valence electrons. The van der Waals surface area contributed by atoms with Gasteiger partial charge in [-0.2, -0.15) is 5.26 Å². The number of nitriles is 1. The highest BCUT2D eigenvalue weighted by Gasteiger charge is 2.23. The van der Waals surface area contributed by atoms with Gasteiger partial charge in [-0.05, 0) is 37.3 Å². The number of fused-ring (bicyclic) bond motifs is 1. The molecule has 3 aromatic rings. The fraction of sp³-hybridized carbons (Fsp3) is 0.217. The maximum atomic E-state index is 13.1. The van der Waals surface area contributed by atoms with E-state index in [1.54, 1.807) is 12.1 Å². The molecule has 6 nitrogen and oxygen atoms in total. The molecule has 30 heavy (non-hydrogen) atoms. The number of hydrogen-bond donors (Lipinski definition) is 0. The van der Waals surface area contributed by atoms with Gasteiger partial charge in [0.2, 0.25) is 9.84 Å². The summed E-state index contributed by atoms with van der Waals surface area (Å²) in [6.45, 7) is 4.33. The average Bonchev–Trinajstić information content (AvgIpc) is 2.77. The van der Waals surface area contributed by atoms with E-state index in [0.29, 0.717) is 37.7 Å². The normalized spacial score (nSPS) is 15.2. The number of rotatable bonds is 4. The Morgan fingerprint density at radius 1 is 1.13 bits per heavy atom. The number of aromatic nitrogens is 1. The number of nitrogens with zero attached hydrogens (tertiary/aromatic N) is 3. The first-order valence-corrected chi connectivity index (χ1v) is 11.1. The van der Waals surface area contributed by atoms with Crippen molar-refractivity contribution in [2.45, 2.75) is 11.8 Å². The molecular formula is C23H21N3O3S. The van der Waals surface area contributed by atoms with Crippen LogP contribution in [-0.2, 0) is 14.6 Å². The van der Waals surface area contributed by atoms with Gasteiger partial charge in [0.15, 0.2) is 0 Å². The van der Waals surface area contributed by atoms with Crippen LogP contribution in [0.3, 0.4) is 0 Å². The van der Waals surface area contributed by atoms with Crippen molar-refractivity contribution in [2.75, 3.05) is 31.2 Å². The number of morpholine rings is 1. The maximum Gasteiger partial charge on any atom is 0.216 e. The molecule has 0 aliphatic carbocycles. The third-order valence-electron chi connectivity index (χ3n) is 5.06. The van der Waals surface area contributed by atoms with Crippen molar-refractivity contribution in [3.8, 4) is 6.07 Å². The standard InChI is InChI=1S/C23H21N3O3S/c1-17-6-8-20(9-7-17)30(27,28)21(16-24)15-19-14-18-4-2-3-5-22(18)25-23(19)26-10-12-29-13-11-26/h2-9,14-15H,10-13H2,1H3/b21-15-. The predicted octanol–water partition coefficient (Wildman–Crippen LogP) is 3.72. The summed E-state index contributed by atoms with van der Waals surface area (Å²) in [4.78, 5) is 6.63. The fourth-order valence-electron chi connectivity index (χ4n) is 3.41. The van der Waals surface area contributed by atoms with Gasteiger partial charge in [-0.1, -0.05) is 35.9 Å². The van der Waals surface area contributed by atoms with Crippen LogP contribution in [0.1, 0.15) is 11.1 Å². The summed E-state index contributed by atoms with van der Waals surface area (Å²) in [5.74, 6) is 0.656. The monoisotopic (exact) mass is 419 g/mol. The Morgan fingerprint density at radius 2 is 1.83 bits per heavy atom. The van der Waals surface area contributed by atoms with Crippen LogP contribution in [0.2, 0.25) is 0 Å². The second-order valence-electron chi connectivity index (χ2n) is 7.13. The smallest absolute Gasteiger partial charge is 0.216 e. The zero-order valence-electron chi connectivity index (χ0n) is 16.6. The topological polar surface area (TPSA) is 83.3 Å². The molecule has 1 fully saturated rings. The van der Waals surface area contributed by atoms with Crippen LogP contribution in [0.15, 0.2) is 64.4 Å². The maximum absolute atomic E-state index is 13.1. The van der Waals surface area contributed by atoms with Gasteiger partial charge in [0, 0.05) is 24.0 Å². The van der Waals surface area contributed by atoms with Crippen molar-refractivity contribution in [3.63, 3.8) is 0 Å². The second-order valence-corrected chi connectivity index (χ2v) is 9.05. The van der Waals surface area contributed by atoms with Gasteiger partial charge in [-0.15, -0.1) is 0 Å². The Labute approximate surface area is 176 Å². The minimum Gasteiger partial charge on any atom is -0.378 e. The van der Waals surface area contributed by atoms with Gasteiger partial charge < -0.3 is 9.64 Å². The molecule has 0 unspecified atom stereocenters. The minimum atomic E-state index is -3.94.